The minimum absolute atomic E-state index is 0. The van der Waals surface area contributed by atoms with Crippen LogP contribution in [0, 0.1) is 20.8 Å². The molecule has 0 aliphatic rings. The molecule has 2 aromatic rings. The third-order valence-corrected chi connectivity index (χ3v) is 3.81. The molecule has 0 atom stereocenters. The zero-order valence-corrected chi connectivity index (χ0v) is 16.1. The van der Waals surface area contributed by atoms with Crippen LogP contribution in [0.5, 0.6) is 5.75 Å². The third kappa shape index (κ3) is 6.07. The molecule has 0 aromatic heterocycles. The number of rotatable bonds is 7. The predicted molar refractivity (Wildman–Crippen MR) is 106 cm³/mol. The van der Waals surface area contributed by atoms with E-state index in [0.717, 1.165) is 41.2 Å². The Labute approximate surface area is 156 Å². The van der Waals surface area contributed by atoms with Crippen molar-refractivity contribution in [3.8, 4) is 5.75 Å². The summed E-state index contributed by atoms with van der Waals surface area (Å²) in [6.07, 6.45) is 0. The molecule has 2 N–H and O–H groups in total. The Morgan fingerprint density at radius 1 is 1.08 bits per heavy atom. The van der Waals surface area contributed by atoms with Crippen LogP contribution in [0.1, 0.15) is 29.2 Å². The summed E-state index contributed by atoms with van der Waals surface area (Å²) < 4.78 is 5.75. The smallest absolute Gasteiger partial charge is 0.262 e. The average molecular weight is 363 g/mol. The van der Waals surface area contributed by atoms with Crippen molar-refractivity contribution < 1.29 is 9.53 Å². The highest BCUT2D eigenvalue weighted by Crippen LogP contribution is 2.24. The van der Waals surface area contributed by atoms with Crippen molar-refractivity contribution in [3.63, 3.8) is 0 Å². The van der Waals surface area contributed by atoms with E-state index in [9.17, 15) is 4.79 Å². The second-order valence-electron chi connectivity index (χ2n) is 6.00. The van der Waals surface area contributed by atoms with E-state index in [4.69, 9.17) is 4.74 Å². The number of para-hydroxylation sites is 1. The molecule has 0 bridgehead atoms. The van der Waals surface area contributed by atoms with E-state index in [1.54, 1.807) is 0 Å². The van der Waals surface area contributed by atoms with Gasteiger partial charge in [-0.25, -0.2) is 0 Å². The molecule has 0 radical (unpaired) electrons. The topological polar surface area (TPSA) is 50.4 Å². The molecule has 0 spiro atoms. The third-order valence-electron chi connectivity index (χ3n) is 3.81. The van der Waals surface area contributed by atoms with Gasteiger partial charge in [0, 0.05) is 12.2 Å². The summed E-state index contributed by atoms with van der Waals surface area (Å²) in [5, 5.41) is 6.21. The number of hydrogen-bond donors (Lipinski definition) is 2. The highest BCUT2D eigenvalue weighted by Gasteiger charge is 2.10. The lowest BCUT2D eigenvalue weighted by atomic mass is 10.1. The molecule has 2 rings (SSSR count). The largest absolute Gasteiger partial charge is 0.483 e. The zero-order valence-electron chi connectivity index (χ0n) is 15.3. The van der Waals surface area contributed by atoms with Gasteiger partial charge in [0.25, 0.3) is 5.91 Å². The van der Waals surface area contributed by atoms with Crippen LogP contribution in [0.25, 0.3) is 0 Å². The lowest BCUT2D eigenvalue weighted by Crippen LogP contribution is -2.22. The zero-order chi connectivity index (χ0) is 17.5. The van der Waals surface area contributed by atoms with Crippen LogP contribution >= 0.6 is 12.4 Å². The average Bonchev–Trinajstić information content (AvgIpc) is 2.53. The summed E-state index contributed by atoms with van der Waals surface area (Å²) in [6.45, 7) is 9.72. The van der Waals surface area contributed by atoms with Crippen molar-refractivity contribution in [2.24, 2.45) is 0 Å². The summed E-state index contributed by atoms with van der Waals surface area (Å²) in [4.78, 5) is 12.2. The molecule has 5 heteroatoms. The Hall–Kier alpha value is -2.04. The molecule has 0 heterocycles. The first-order chi connectivity index (χ1) is 11.5. The number of amides is 1. The number of hydrogen-bond acceptors (Lipinski definition) is 3. The number of nitrogens with one attached hydrogen (secondary N) is 2. The highest BCUT2D eigenvalue weighted by atomic mass is 35.5. The van der Waals surface area contributed by atoms with Gasteiger partial charge in [-0.05, 0) is 50.1 Å². The number of anilines is 1. The minimum Gasteiger partial charge on any atom is -0.483 e. The Bertz CT molecular complexity index is 694. The van der Waals surface area contributed by atoms with Crippen molar-refractivity contribution in [2.75, 3.05) is 18.5 Å². The Balaban J connectivity index is 0.00000312. The number of benzene rings is 2. The Morgan fingerprint density at radius 3 is 2.36 bits per heavy atom. The molecule has 0 saturated heterocycles. The van der Waals surface area contributed by atoms with Crippen LogP contribution in [-0.2, 0) is 11.3 Å². The fourth-order valence-electron chi connectivity index (χ4n) is 2.77. The van der Waals surface area contributed by atoms with Gasteiger partial charge >= 0.3 is 0 Å². The SMILES string of the molecule is CCNCc1ccccc1NC(=O)COc1c(C)cc(C)cc1C.Cl. The normalized spacial score (nSPS) is 10.1. The van der Waals surface area contributed by atoms with E-state index in [-0.39, 0.29) is 24.9 Å². The Morgan fingerprint density at radius 2 is 1.72 bits per heavy atom. The standard InChI is InChI=1S/C20H26N2O2.ClH/c1-5-21-12-17-8-6-7-9-18(17)22-19(23)13-24-20-15(3)10-14(2)11-16(20)4;/h6-11,21H,5,12-13H2,1-4H3,(H,22,23);1H. The summed E-state index contributed by atoms with van der Waals surface area (Å²) in [5.74, 6) is 0.634. The molecule has 0 aliphatic carbocycles. The quantitative estimate of drug-likeness (QED) is 0.777. The monoisotopic (exact) mass is 362 g/mol. The summed E-state index contributed by atoms with van der Waals surface area (Å²) in [5.41, 5.74) is 5.18. The van der Waals surface area contributed by atoms with Crippen LogP contribution in [0.2, 0.25) is 0 Å². The number of aryl methyl sites for hydroxylation is 3. The maximum atomic E-state index is 12.2. The summed E-state index contributed by atoms with van der Waals surface area (Å²) >= 11 is 0. The molecule has 0 saturated carbocycles. The molecule has 0 aliphatic heterocycles. The minimum atomic E-state index is -0.154. The van der Waals surface area contributed by atoms with E-state index in [2.05, 4.69) is 36.6 Å². The molecule has 0 unspecified atom stereocenters. The van der Waals surface area contributed by atoms with E-state index < -0.39 is 0 Å². The fourth-order valence-corrected chi connectivity index (χ4v) is 2.77. The van der Waals surface area contributed by atoms with Crippen molar-refractivity contribution in [1.29, 1.82) is 0 Å². The lowest BCUT2D eigenvalue weighted by Gasteiger charge is -2.14. The van der Waals surface area contributed by atoms with Gasteiger partial charge in [0.1, 0.15) is 5.75 Å². The summed E-state index contributed by atoms with van der Waals surface area (Å²) in [6, 6.07) is 11.9. The van der Waals surface area contributed by atoms with Crippen molar-refractivity contribution in [1.82, 2.24) is 5.32 Å². The van der Waals surface area contributed by atoms with E-state index in [1.807, 2.05) is 38.1 Å². The molecule has 1 amide bonds. The first kappa shape index (κ1) is 21.0. The van der Waals surface area contributed by atoms with Crippen molar-refractivity contribution >= 4 is 24.0 Å². The molecular weight excluding hydrogens is 336 g/mol. The first-order valence-corrected chi connectivity index (χ1v) is 8.30. The van der Waals surface area contributed by atoms with E-state index >= 15 is 0 Å². The number of ether oxygens (including phenoxy) is 1. The van der Waals surface area contributed by atoms with Crippen LogP contribution in [-0.4, -0.2) is 19.1 Å². The second-order valence-corrected chi connectivity index (χ2v) is 6.00. The van der Waals surface area contributed by atoms with Crippen LogP contribution in [0.3, 0.4) is 0 Å². The van der Waals surface area contributed by atoms with Gasteiger partial charge < -0.3 is 15.4 Å². The molecular formula is C20H27ClN2O2. The predicted octanol–water partition coefficient (Wildman–Crippen LogP) is 4.16. The van der Waals surface area contributed by atoms with E-state index in [0.29, 0.717) is 0 Å². The fraction of sp³-hybridized carbons (Fsp3) is 0.350. The number of carbonyl (C=O) groups is 1. The van der Waals surface area contributed by atoms with Crippen LogP contribution in [0.4, 0.5) is 5.69 Å². The molecule has 4 nitrogen and oxygen atoms in total. The highest BCUT2D eigenvalue weighted by molar-refractivity contribution is 5.92. The van der Waals surface area contributed by atoms with Gasteiger partial charge in [-0.3, -0.25) is 4.79 Å². The van der Waals surface area contributed by atoms with Gasteiger partial charge in [0.2, 0.25) is 0 Å². The van der Waals surface area contributed by atoms with Crippen LogP contribution in [0.15, 0.2) is 36.4 Å². The second kappa shape index (κ2) is 10.1. The lowest BCUT2D eigenvalue weighted by molar-refractivity contribution is -0.118. The van der Waals surface area contributed by atoms with E-state index in [1.165, 1.54) is 5.56 Å². The molecule has 136 valence electrons. The molecule has 2 aromatic carbocycles. The first-order valence-electron chi connectivity index (χ1n) is 8.30. The maximum Gasteiger partial charge on any atom is 0.262 e. The summed E-state index contributed by atoms with van der Waals surface area (Å²) in [7, 11) is 0. The number of halogens is 1. The Kier molecular flexibility index (Phi) is 8.46. The number of carbonyl (C=O) groups excluding carboxylic acids is 1. The van der Waals surface area contributed by atoms with Gasteiger partial charge in [-0.15, -0.1) is 12.4 Å². The van der Waals surface area contributed by atoms with Crippen molar-refractivity contribution in [2.45, 2.75) is 34.2 Å². The molecule has 0 fully saturated rings. The van der Waals surface area contributed by atoms with Gasteiger partial charge in [0.15, 0.2) is 6.61 Å². The molecule has 25 heavy (non-hydrogen) atoms. The van der Waals surface area contributed by atoms with Gasteiger partial charge in [0.05, 0.1) is 0 Å². The van der Waals surface area contributed by atoms with Crippen molar-refractivity contribution in [3.05, 3.63) is 58.7 Å². The van der Waals surface area contributed by atoms with Gasteiger partial charge in [-0.1, -0.05) is 42.8 Å². The van der Waals surface area contributed by atoms with Gasteiger partial charge in [-0.2, -0.15) is 0 Å². The van der Waals surface area contributed by atoms with Crippen LogP contribution < -0.4 is 15.4 Å². The maximum absolute atomic E-state index is 12.2.